The molecule has 0 aliphatic heterocycles. The van der Waals surface area contributed by atoms with Gasteiger partial charge in [-0.15, -0.1) is 0 Å². The first kappa shape index (κ1) is 17.9. The number of rotatable bonds is 5. The Morgan fingerprint density at radius 2 is 1.82 bits per heavy atom. The molecule has 0 bridgehead atoms. The van der Waals surface area contributed by atoms with Crippen LogP contribution in [0.1, 0.15) is 11.5 Å². The number of ether oxygens (including phenoxy) is 1. The molecule has 6 heteroatoms. The lowest BCUT2D eigenvalue weighted by Gasteiger charge is -2.23. The van der Waals surface area contributed by atoms with Gasteiger partial charge in [0.1, 0.15) is 5.76 Å². The smallest absolute Gasteiger partial charge is 0.215 e. The SMILES string of the molecule is COc1cc(NN(C)c2ccccc2)c2cc(-c3c(C)noc3C)ccc2n1. The quantitative estimate of drug-likeness (QED) is 0.497. The molecule has 142 valence electrons. The number of methoxy groups -OCH3 is 1. The highest BCUT2D eigenvalue weighted by Gasteiger charge is 2.15. The molecule has 0 saturated heterocycles. The van der Waals surface area contributed by atoms with Crippen LogP contribution >= 0.6 is 0 Å². The van der Waals surface area contributed by atoms with Gasteiger partial charge in [0.2, 0.25) is 5.88 Å². The molecule has 0 aliphatic carbocycles. The van der Waals surface area contributed by atoms with Crippen LogP contribution in [0, 0.1) is 13.8 Å². The Morgan fingerprint density at radius 3 is 2.50 bits per heavy atom. The van der Waals surface area contributed by atoms with E-state index in [0.717, 1.165) is 44.9 Å². The molecule has 4 rings (SSSR count). The van der Waals surface area contributed by atoms with E-state index in [1.807, 2.05) is 74.4 Å². The lowest BCUT2D eigenvalue weighted by molar-refractivity contribution is 0.393. The molecule has 2 heterocycles. The van der Waals surface area contributed by atoms with Crippen LogP contribution in [-0.2, 0) is 0 Å². The van der Waals surface area contributed by atoms with Gasteiger partial charge in [-0.2, -0.15) is 0 Å². The van der Waals surface area contributed by atoms with Crippen LogP contribution in [0.4, 0.5) is 11.4 Å². The second-order valence-electron chi connectivity index (χ2n) is 6.65. The Kier molecular flexibility index (Phi) is 4.61. The third kappa shape index (κ3) is 3.24. The van der Waals surface area contributed by atoms with Gasteiger partial charge in [0.15, 0.2) is 0 Å². The van der Waals surface area contributed by atoms with E-state index in [0.29, 0.717) is 5.88 Å². The van der Waals surface area contributed by atoms with Gasteiger partial charge in [0.05, 0.1) is 29.7 Å². The van der Waals surface area contributed by atoms with E-state index >= 15 is 0 Å². The lowest BCUT2D eigenvalue weighted by Crippen LogP contribution is -2.24. The van der Waals surface area contributed by atoms with E-state index in [9.17, 15) is 0 Å². The molecule has 0 spiro atoms. The standard InChI is InChI=1S/C22H22N4O2/c1-14-22(15(2)28-25-14)16-10-11-19-18(12-16)20(13-21(23-19)27-4)24-26(3)17-8-6-5-7-9-17/h5-13H,1-4H3,(H,23,24). The first-order chi connectivity index (χ1) is 13.6. The van der Waals surface area contributed by atoms with Crippen LogP contribution in [0.3, 0.4) is 0 Å². The molecule has 6 nitrogen and oxygen atoms in total. The molecular formula is C22H22N4O2. The summed E-state index contributed by atoms with van der Waals surface area (Å²) in [7, 11) is 3.60. The number of aromatic nitrogens is 2. The molecule has 0 fully saturated rings. The molecule has 2 aromatic heterocycles. The van der Waals surface area contributed by atoms with Crippen LogP contribution in [0.5, 0.6) is 5.88 Å². The maximum absolute atomic E-state index is 5.40. The number of nitrogens with one attached hydrogen (secondary N) is 1. The maximum Gasteiger partial charge on any atom is 0.215 e. The summed E-state index contributed by atoms with van der Waals surface area (Å²) in [5, 5.41) is 7.03. The highest BCUT2D eigenvalue weighted by molar-refractivity contribution is 5.95. The topological polar surface area (TPSA) is 63.4 Å². The van der Waals surface area contributed by atoms with Crippen molar-refractivity contribution in [1.29, 1.82) is 0 Å². The molecule has 1 N–H and O–H groups in total. The van der Waals surface area contributed by atoms with Gasteiger partial charge in [-0.1, -0.05) is 29.4 Å². The number of aryl methyl sites for hydroxylation is 2. The zero-order valence-electron chi connectivity index (χ0n) is 16.4. The molecule has 0 aliphatic rings. The Morgan fingerprint density at radius 1 is 1.04 bits per heavy atom. The van der Waals surface area contributed by atoms with Crippen molar-refractivity contribution in [2.45, 2.75) is 13.8 Å². The predicted molar refractivity (Wildman–Crippen MR) is 112 cm³/mol. The van der Waals surface area contributed by atoms with Crippen molar-refractivity contribution in [3.05, 3.63) is 66.1 Å². The number of benzene rings is 2. The number of nitrogens with zero attached hydrogens (tertiary/aromatic N) is 3. The fourth-order valence-electron chi connectivity index (χ4n) is 3.35. The van der Waals surface area contributed by atoms with E-state index in [1.54, 1.807) is 7.11 Å². The summed E-state index contributed by atoms with van der Waals surface area (Å²) in [5.74, 6) is 1.36. The van der Waals surface area contributed by atoms with E-state index in [4.69, 9.17) is 9.26 Å². The summed E-state index contributed by atoms with van der Waals surface area (Å²) in [6, 6.07) is 18.1. The molecule has 0 unspecified atom stereocenters. The second kappa shape index (κ2) is 7.23. The number of anilines is 2. The minimum Gasteiger partial charge on any atom is -0.481 e. The zero-order chi connectivity index (χ0) is 19.7. The van der Waals surface area contributed by atoms with Gasteiger partial charge in [-0.25, -0.2) is 4.98 Å². The minimum absolute atomic E-state index is 0.557. The number of hydrogen-bond acceptors (Lipinski definition) is 6. The Balaban J connectivity index is 1.82. The highest BCUT2D eigenvalue weighted by Crippen LogP contribution is 2.34. The Labute approximate surface area is 163 Å². The molecule has 0 amide bonds. The Hall–Kier alpha value is -3.54. The molecule has 4 aromatic rings. The van der Waals surface area contributed by atoms with E-state index in [-0.39, 0.29) is 0 Å². The summed E-state index contributed by atoms with van der Waals surface area (Å²) >= 11 is 0. The first-order valence-electron chi connectivity index (χ1n) is 9.04. The predicted octanol–water partition coefficient (Wildman–Crippen LogP) is 4.98. The number of hydrogen-bond donors (Lipinski definition) is 1. The summed E-state index contributed by atoms with van der Waals surface area (Å²) in [6.45, 7) is 3.87. The van der Waals surface area contributed by atoms with Crippen molar-refractivity contribution in [3.8, 4) is 17.0 Å². The lowest BCUT2D eigenvalue weighted by atomic mass is 10.0. The van der Waals surface area contributed by atoms with Gasteiger partial charge in [0, 0.05) is 24.1 Å². The van der Waals surface area contributed by atoms with Crippen LogP contribution in [-0.4, -0.2) is 24.3 Å². The van der Waals surface area contributed by atoms with Crippen molar-refractivity contribution in [2.75, 3.05) is 24.6 Å². The van der Waals surface area contributed by atoms with Crippen LogP contribution < -0.4 is 15.2 Å². The van der Waals surface area contributed by atoms with Gasteiger partial charge < -0.3 is 9.26 Å². The first-order valence-corrected chi connectivity index (χ1v) is 9.04. The number of fused-ring (bicyclic) bond motifs is 1. The molecule has 28 heavy (non-hydrogen) atoms. The monoisotopic (exact) mass is 374 g/mol. The largest absolute Gasteiger partial charge is 0.481 e. The molecular weight excluding hydrogens is 352 g/mol. The minimum atomic E-state index is 0.557. The normalized spacial score (nSPS) is 10.9. The van der Waals surface area contributed by atoms with Gasteiger partial charge in [0.25, 0.3) is 0 Å². The maximum atomic E-state index is 5.40. The Bertz CT molecular complexity index is 1100. The summed E-state index contributed by atoms with van der Waals surface area (Å²) in [5.41, 5.74) is 9.18. The molecule has 0 atom stereocenters. The number of pyridine rings is 1. The van der Waals surface area contributed by atoms with Crippen LogP contribution in [0.25, 0.3) is 22.0 Å². The fourth-order valence-corrected chi connectivity index (χ4v) is 3.35. The third-order valence-electron chi connectivity index (χ3n) is 4.75. The zero-order valence-corrected chi connectivity index (χ0v) is 16.4. The highest BCUT2D eigenvalue weighted by atomic mass is 16.5. The van der Waals surface area contributed by atoms with E-state index < -0.39 is 0 Å². The van der Waals surface area contributed by atoms with Crippen LogP contribution in [0.2, 0.25) is 0 Å². The number of hydrazine groups is 1. The fraction of sp³-hybridized carbons (Fsp3) is 0.182. The van der Waals surface area contributed by atoms with Crippen molar-refractivity contribution >= 4 is 22.3 Å². The van der Waals surface area contributed by atoms with Gasteiger partial charge in [-0.05, 0) is 43.7 Å². The van der Waals surface area contributed by atoms with Crippen molar-refractivity contribution in [1.82, 2.24) is 10.1 Å². The summed E-state index contributed by atoms with van der Waals surface area (Å²) < 4.78 is 10.7. The summed E-state index contributed by atoms with van der Waals surface area (Å²) in [6.07, 6.45) is 0. The average Bonchev–Trinajstić information content (AvgIpc) is 3.06. The summed E-state index contributed by atoms with van der Waals surface area (Å²) in [4.78, 5) is 4.58. The van der Waals surface area contributed by atoms with Crippen molar-refractivity contribution < 1.29 is 9.26 Å². The number of para-hydroxylation sites is 1. The van der Waals surface area contributed by atoms with Crippen LogP contribution in [0.15, 0.2) is 59.1 Å². The van der Waals surface area contributed by atoms with Crippen molar-refractivity contribution in [3.63, 3.8) is 0 Å². The van der Waals surface area contributed by atoms with E-state index in [2.05, 4.69) is 21.6 Å². The second-order valence-corrected chi connectivity index (χ2v) is 6.65. The van der Waals surface area contributed by atoms with Crippen molar-refractivity contribution in [2.24, 2.45) is 0 Å². The van der Waals surface area contributed by atoms with E-state index in [1.165, 1.54) is 0 Å². The molecule has 2 aromatic carbocycles. The molecule has 0 radical (unpaired) electrons. The molecule has 0 saturated carbocycles. The third-order valence-corrected chi connectivity index (χ3v) is 4.75. The van der Waals surface area contributed by atoms with Gasteiger partial charge >= 0.3 is 0 Å². The van der Waals surface area contributed by atoms with Gasteiger partial charge in [-0.3, -0.25) is 10.4 Å². The average molecular weight is 374 g/mol.